The number of benzene rings is 1. The fraction of sp³-hybridized carbons (Fsp3) is 0.500. The number of hydrogen-bond donors (Lipinski definition) is 3. The van der Waals surface area contributed by atoms with Crippen LogP contribution >= 0.6 is 0 Å². The molecular formula is C16H22F3N3O2. The molecule has 1 rings (SSSR count). The van der Waals surface area contributed by atoms with Crippen LogP contribution in [-0.4, -0.2) is 24.0 Å². The highest BCUT2D eigenvalue weighted by Crippen LogP contribution is 2.34. The summed E-state index contributed by atoms with van der Waals surface area (Å²) in [7, 11) is 0. The van der Waals surface area contributed by atoms with Crippen molar-refractivity contribution in [1.29, 1.82) is 0 Å². The first kappa shape index (κ1) is 20.0. The molecule has 0 spiro atoms. The van der Waals surface area contributed by atoms with Crippen molar-refractivity contribution in [2.24, 2.45) is 0 Å². The molecule has 0 fully saturated rings. The highest BCUT2D eigenvalue weighted by molar-refractivity contribution is 5.96. The fourth-order valence-corrected chi connectivity index (χ4v) is 2.19. The molecule has 1 aromatic rings. The lowest BCUT2D eigenvalue weighted by molar-refractivity contribution is -0.138. The van der Waals surface area contributed by atoms with E-state index in [1.165, 1.54) is 32.0 Å². The first-order chi connectivity index (χ1) is 11.0. The molecule has 2 atom stereocenters. The van der Waals surface area contributed by atoms with Gasteiger partial charge in [-0.05, 0) is 39.3 Å². The largest absolute Gasteiger partial charge is 0.416 e. The van der Waals surface area contributed by atoms with Crippen LogP contribution in [0.4, 0.5) is 18.0 Å². The highest BCUT2D eigenvalue weighted by Gasteiger charge is 2.34. The van der Waals surface area contributed by atoms with Crippen molar-refractivity contribution < 1.29 is 22.8 Å². The van der Waals surface area contributed by atoms with Gasteiger partial charge >= 0.3 is 12.2 Å². The Morgan fingerprint density at radius 3 is 2.17 bits per heavy atom. The van der Waals surface area contributed by atoms with Gasteiger partial charge in [0.05, 0.1) is 11.6 Å². The molecule has 0 aliphatic rings. The Kier molecular flexibility index (Phi) is 6.77. The monoisotopic (exact) mass is 345 g/mol. The molecule has 3 amide bonds. The van der Waals surface area contributed by atoms with E-state index in [1.54, 1.807) is 13.8 Å². The lowest BCUT2D eigenvalue weighted by Crippen LogP contribution is -2.49. The fourth-order valence-electron chi connectivity index (χ4n) is 2.19. The summed E-state index contributed by atoms with van der Waals surface area (Å²) < 4.78 is 39.1. The standard InChI is InChI=1S/C16H22F3N3O2/c1-9(2)20-15(24)22-14(23)11(4)21-10(3)12-7-5-6-8-13(12)16(17,18)19/h5-11,21H,1-4H3,(H2,20,22,23,24)/t10-,11-/m1/s1. The maximum absolute atomic E-state index is 13.0. The molecule has 5 nitrogen and oxygen atoms in total. The SMILES string of the molecule is CC(C)NC(=O)NC(=O)[C@@H](C)N[C@H](C)c1ccccc1C(F)(F)F. The smallest absolute Gasteiger partial charge is 0.336 e. The molecule has 1 aromatic carbocycles. The summed E-state index contributed by atoms with van der Waals surface area (Å²) >= 11 is 0. The molecule has 134 valence electrons. The Labute approximate surface area is 139 Å². The van der Waals surface area contributed by atoms with E-state index in [1.807, 2.05) is 0 Å². The van der Waals surface area contributed by atoms with Crippen molar-refractivity contribution in [3.63, 3.8) is 0 Å². The van der Waals surface area contributed by atoms with Crippen LogP contribution in [0.25, 0.3) is 0 Å². The van der Waals surface area contributed by atoms with Crippen molar-refractivity contribution in [1.82, 2.24) is 16.0 Å². The van der Waals surface area contributed by atoms with E-state index < -0.39 is 35.8 Å². The van der Waals surface area contributed by atoms with Gasteiger partial charge in [0.25, 0.3) is 0 Å². The lowest BCUT2D eigenvalue weighted by atomic mass is 10.0. The number of imide groups is 1. The number of rotatable bonds is 5. The van der Waals surface area contributed by atoms with Gasteiger partial charge in [-0.3, -0.25) is 15.4 Å². The zero-order chi connectivity index (χ0) is 18.5. The third kappa shape index (κ3) is 5.84. The van der Waals surface area contributed by atoms with Crippen molar-refractivity contribution in [3.8, 4) is 0 Å². The van der Waals surface area contributed by atoms with Gasteiger partial charge in [0.1, 0.15) is 0 Å². The van der Waals surface area contributed by atoms with Gasteiger partial charge < -0.3 is 5.32 Å². The van der Waals surface area contributed by atoms with Crippen molar-refractivity contribution in [2.45, 2.75) is 52.0 Å². The predicted octanol–water partition coefficient (Wildman–Crippen LogP) is 2.98. The third-order valence-electron chi connectivity index (χ3n) is 3.28. The zero-order valence-corrected chi connectivity index (χ0v) is 14.0. The minimum absolute atomic E-state index is 0.0382. The molecule has 0 bridgehead atoms. The van der Waals surface area contributed by atoms with E-state index in [-0.39, 0.29) is 11.6 Å². The average Bonchev–Trinajstić information content (AvgIpc) is 2.45. The number of nitrogens with one attached hydrogen (secondary N) is 3. The molecule has 24 heavy (non-hydrogen) atoms. The van der Waals surface area contributed by atoms with Crippen LogP contribution in [0.2, 0.25) is 0 Å². The second-order valence-corrected chi connectivity index (χ2v) is 5.81. The normalized spacial score (nSPS) is 14.2. The van der Waals surface area contributed by atoms with E-state index in [0.29, 0.717) is 0 Å². The number of alkyl halides is 3. The molecule has 0 unspecified atom stereocenters. The molecule has 3 N–H and O–H groups in total. The Bertz CT molecular complexity index is 588. The molecular weight excluding hydrogens is 323 g/mol. The first-order valence-corrected chi connectivity index (χ1v) is 7.56. The summed E-state index contributed by atoms with van der Waals surface area (Å²) in [6, 6.07) is 2.81. The van der Waals surface area contributed by atoms with Crippen molar-refractivity contribution in [3.05, 3.63) is 35.4 Å². The summed E-state index contributed by atoms with van der Waals surface area (Å²) in [6.45, 7) is 6.48. The molecule has 0 radical (unpaired) electrons. The second-order valence-electron chi connectivity index (χ2n) is 5.81. The molecule has 8 heteroatoms. The van der Waals surface area contributed by atoms with Crippen LogP contribution in [0.15, 0.2) is 24.3 Å². The van der Waals surface area contributed by atoms with Crippen LogP contribution in [0.5, 0.6) is 0 Å². The van der Waals surface area contributed by atoms with E-state index in [0.717, 1.165) is 6.07 Å². The maximum atomic E-state index is 13.0. The molecule has 0 saturated heterocycles. The summed E-state index contributed by atoms with van der Waals surface area (Å²) in [6.07, 6.45) is -4.48. The minimum atomic E-state index is -4.48. The van der Waals surface area contributed by atoms with Crippen molar-refractivity contribution >= 4 is 11.9 Å². The lowest BCUT2D eigenvalue weighted by Gasteiger charge is -2.23. The first-order valence-electron chi connectivity index (χ1n) is 7.56. The van der Waals surface area contributed by atoms with Crippen LogP contribution in [0.3, 0.4) is 0 Å². The number of carbonyl (C=O) groups excluding carboxylic acids is 2. The van der Waals surface area contributed by atoms with Gasteiger partial charge in [-0.1, -0.05) is 18.2 Å². The summed E-state index contributed by atoms with van der Waals surface area (Å²) in [5.74, 6) is -0.621. The van der Waals surface area contributed by atoms with E-state index in [4.69, 9.17) is 0 Å². The number of hydrogen-bond acceptors (Lipinski definition) is 3. The Morgan fingerprint density at radius 2 is 1.62 bits per heavy atom. The summed E-state index contributed by atoms with van der Waals surface area (Å²) in [5, 5.41) is 7.41. The molecule has 0 heterocycles. The predicted molar refractivity (Wildman–Crippen MR) is 84.3 cm³/mol. The minimum Gasteiger partial charge on any atom is -0.336 e. The average molecular weight is 345 g/mol. The van der Waals surface area contributed by atoms with Crippen LogP contribution in [-0.2, 0) is 11.0 Å². The Hall–Kier alpha value is -2.09. The van der Waals surface area contributed by atoms with Crippen LogP contribution in [0.1, 0.15) is 44.9 Å². The van der Waals surface area contributed by atoms with Gasteiger partial charge in [0, 0.05) is 12.1 Å². The number of amides is 3. The summed E-state index contributed by atoms with van der Waals surface area (Å²) in [4.78, 5) is 23.4. The number of carbonyl (C=O) groups is 2. The van der Waals surface area contributed by atoms with Crippen molar-refractivity contribution in [2.75, 3.05) is 0 Å². The van der Waals surface area contributed by atoms with Crippen LogP contribution in [0, 0.1) is 0 Å². The topological polar surface area (TPSA) is 70.2 Å². The van der Waals surface area contributed by atoms with Gasteiger partial charge in [-0.2, -0.15) is 13.2 Å². The molecule has 0 aromatic heterocycles. The molecule has 0 aliphatic heterocycles. The Morgan fingerprint density at radius 1 is 1.04 bits per heavy atom. The zero-order valence-electron chi connectivity index (χ0n) is 14.0. The quantitative estimate of drug-likeness (QED) is 0.768. The van der Waals surface area contributed by atoms with Gasteiger partial charge in [0.15, 0.2) is 0 Å². The van der Waals surface area contributed by atoms with Crippen LogP contribution < -0.4 is 16.0 Å². The molecule has 0 aliphatic carbocycles. The second kappa shape index (κ2) is 8.14. The third-order valence-corrected chi connectivity index (χ3v) is 3.28. The Balaban J connectivity index is 2.76. The van der Waals surface area contributed by atoms with E-state index in [9.17, 15) is 22.8 Å². The summed E-state index contributed by atoms with van der Waals surface area (Å²) in [5.41, 5.74) is -0.716. The highest BCUT2D eigenvalue weighted by atomic mass is 19.4. The maximum Gasteiger partial charge on any atom is 0.416 e. The van der Waals surface area contributed by atoms with E-state index >= 15 is 0 Å². The number of halogens is 3. The van der Waals surface area contributed by atoms with Gasteiger partial charge in [0.2, 0.25) is 5.91 Å². The van der Waals surface area contributed by atoms with Gasteiger partial charge in [-0.25, -0.2) is 4.79 Å². The van der Waals surface area contributed by atoms with Gasteiger partial charge in [-0.15, -0.1) is 0 Å². The number of urea groups is 1. The molecule has 0 saturated carbocycles. The van der Waals surface area contributed by atoms with E-state index in [2.05, 4.69) is 16.0 Å².